The lowest BCUT2D eigenvalue weighted by atomic mass is 9.88. The Bertz CT molecular complexity index is 487. The average molecular weight is 286 g/mol. The van der Waals surface area contributed by atoms with Crippen LogP contribution in [-0.4, -0.2) is 25.5 Å². The maximum Gasteiger partial charge on any atom is 0.223 e. The van der Waals surface area contributed by atoms with Crippen LogP contribution in [0.2, 0.25) is 0 Å². The van der Waals surface area contributed by atoms with Crippen molar-refractivity contribution in [1.29, 1.82) is 0 Å². The highest BCUT2D eigenvalue weighted by atomic mass is 16.1. The van der Waals surface area contributed by atoms with Crippen LogP contribution in [0.1, 0.15) is 32.6 Å². The van der Waals surface area contributed by atoms with E-state index in [0.717, 1.165) is 18.9 Å². The number of carbonyl (C=O) groups excluding carboxylic acids is 1. The Morgan fingerprint density at radius 1 is 1.29 bits per heavy atom. The molecule has 0 radical (unpaired) electrons. The molecule has 2 aliphatic rings. The number of benzene rings is 1. The summed E-state index contributed by atoms with van der Waals surface area (Å²) in [6, 6.07) is 10.6. The van der Waals surface area contributed by atoms with Gasteiger partial charge in [0.2, 0.25) is 5.91 Å². The van der Waals surface area contributed by atoms with E-state index in [2.05, 4.69) is 36.3 Å². The number of fused-ring (bicyclic) bond motifs is 2. The van der Waals surface area contributed by atoms with Crippen LogP contribution < -0.4 is 10.2 Å². The van der Waals surface area contributed by atoms with E-state index in [-0.39, 0.29) is 11.8 Å². The minimum atomic E-state index is 0.288. The minimum absolute atomic E-state index is 0.288. The molecule has 21 heavy (non-hydrogen) atoms. The first-order valence-electron chi connectivity index (χ1n) is 8.20. The summed E-state index contributed by atoms with van der Waals surface area (Å²) in [5.41, 5.74) is 1.19. The molecule has 2 fully saturated rings. The van der Waals surface area contributed by atoms with E-state index in [4.69, 9.17) is 0 Å². The summed E-state index contributed by atoms with van der Waals surface area (Å²) in [5.74, 6) is 2.07. The summed E-state index contributed by atoms with van der Waals surface area (Å²) in [5, 5.41) is 3.18. The number of para-hydroxylation sites is 1. The van der Waals surface area contributed by atoms with Crippen molar-refractivity contribution in [2.45, 2.75) is 38.6 Å². The van der Waals surface area contributed by atoms with Gasteiger partial charge in [-0.15, -0.1) is 0 Å². The van der Waals surface area contributed by atoms with Gasteiger partial charge in [0.15, 0.2) is 0 Å². The molecule has 3 rings (SSSR count). The molecular formula is C18H26N2O. The molecule has 1 aromatic carbocycles. The molecule has 2 bridgehead atoms. The molecule has 0 heterocycles. The lowest BCUT2D eigenvalue weighted by Gasteiger charge is -2.28. The molecule has 1 amide bonds. The maximum absolute atomic E-state index is 12.4. The fourth-order valence-corrected chi connectivity index (χ4v) is 4.00. The van der Waals surface area contributed by atoms with Gasteiger partial charge < -0.3 is 10.2 Å². The van der Waals surface area contributed by atoms with Gasteiger partial charge in [-0.1, -0.05) is 24.6 Å². The highest BCUT2D eigenvalue weighted by Gasteiger charge is 2.42. The third-order valence-electron chi connectivity index (χ3n) is 5.47. The van der Waals surface area contributed by atoms with Crippen molar-refractivity contribution in [3.8, 4) is 0 Å². The van der Waals surface area contributed by atoms with Crippen LogP contribution in [-0.2, 0) is 4.79 Å². The number of rotatable bonds is 5. The third kappa shape index (κ3) is 3.07. The summed E-state index contributed by atoms with van der Waals surface area (Å²) in [6.45, 7) is 2.88. The summed E-state index contributed by atoms with van der Waals surface area (Å²) in [6.07, 6.45) is 5.03. The van der Waals surface area contributed by atoms with Crippen molar-refractivity contribution in [3.63, 3.8) is 0 Å². The minimum Gasteiger partial charge on any atom is -0.370 e. The standard InChI is InChI=1S/C18H26N2O/c1-13(20(2)16-6-4-3-5-7-16)12-19-18(21)17-11-14-8-9-15(17)10-14/h3-7,13-15,17H,8-12H2,1-2H3,(H,19,21)/t13-,14-,15-,17+/m0/s1. The molecule has 0 spiro atoms. The van der Waals surface area contributed by atoms with Crippen LogP contribution in [0, 0.1) is 17.8 Å². The molecule has 0 aromatic heterocycles. The molecule has 0 aliphatic heterocycles. The van der Waals surface area contributed by atoms with Crippen LogP contribution >= 0.6 is 0 Å². The van der Waals surface area contributed by atoms with Gasteiger partial charge in [-0.3, -0.25) is 4.79 Å². The second kappa shape index (κ2) is 6.08. The number of nitrogens with zero attached hydrogens (tertiary/aromatic N) is 1. The van der Waals surface area contributed by atoms with Gasteiger partial charge in [0.25, 0.3) is 0 Å². The second-order valence-electron chi connectivity index (χ2n) is 6.82. The predicted octanol–water partition coefficient (Wildman–Crippen LogP) is 3.06. The zero-order chi connectivity index (χ0) is 14.8. The van der Waals surface area contributed by atoms with E-state index < -0.39 is 0 Å². The molecular weight excluding hydrogens is 260 g/mol. The Balaban J connectivity index is 1.49. The van der Waals surface area contributed by atoms with Gasteiger partial charge >= 0.3 is 0 Å². The Kier molecular flexibility index (Phi) is 4.18. The van der Waals surface area contributed by atoms with Crippen LogP contribution in [0.15, 0.2) is 30.3 Å². The molecule has 1 aromatic rings. The van der Waals surface area contributed by atoms with Crippen LogP contribution in [0.4, 0.5) is 5.69 Å². The van der Waals surface area contributed by atoms with E-state index >= 15 is 0 Å². The number of amides is 1. The van der Waals surface area contributed by atoms with E-state index in [1.54, 1.807) is 0 Å². The van der Waals surface area contributed by atoms with Gasteiger partial charge in [-0.2, -0.15) is 0 Å². The summed E-state index contributed by atoms with van der Waals surface area (Å²) < 4.78 is 0. The van der Waals surface area contributed by atoms with E-state index in [1.165, 1.54) is 24.9 Å². The molecule has 114 valence electrons. The number of hydrogen-bond donors (Lipinski definition) is 1. The van der Waals surface area contributed by atoms with E-state index in [9.17, 15) is 4.79 Å². The lowest BCUT2D eigenvalue weighted by molar-refractivity contribution is -0.126. The van der Waals surface area contributed by atoms with Crippen molar-refractivity contribution in [3.05, 3.63) is 30.3 Å². The topological polar surface area (TPSA) is 32.3 Å². The third-order valence-corrected chi connectivity index (χ3v) is 5.47. The normalized spacial score (nSPS) is 28.4. The van der Waals surface area contributed by atoms with Crippen LogP contribution in [0.25, 0.3) is 0 Å². The number of anilines is 1. The Morgan fingerprint density at radius 3 is 2.67 bits per heavy atom. The molecule has 4 atom stereocenters. The maximum atomic E-state index is 12.4. The zero-order valence-corrected chi connectivity index (χ0v) is 13.1. The second-order valence-corrected chi connectivity index (χ2v) is 6.82. The Labute approximate surface area is 127 Å². The smallest absolute Gasteiger partial charge is 0.223 e. The quantitative estimate of drug-likeness (QED) is 0.902. The number of hydrogen-bond acceptors (Lipinski definition) is 2. The number of nitrogens with one attached hydrogen (secondary N) is 1. The fraction of sp³-hybridized carbons (Fsp3) is 0.611. The lowest BCUT2D eigenvalue weighted by Crippen LogP contribution is -2.43. The van der Waals surface area contributed by atoms with Gasteiger partial charge in [-0.05, 0) is 50.2 Å². The molecule has 1 N–H and O–H groups in total. The predicted molar refractivity (Wildman–Crippen MR) is 86.3 cm³/mol. The first-order chi connectivity index (χ1) is 10.1. The van der Waals surface area contributed by atoms with Crippen molar-refractivity contribution in [1.82, 2.24) is 5.32 Å². The number of carbonyl (C=O) groups is 1. The first-order valence-corrected chi connectivity index (χ1v) is 8.20. The molecule has 2 aliphatic carbocycles. The zero-order valence-electron chi connectivity index (χ0n) is 13.1. The molecule has 0 saturated heterocycles. The monoisotopic (exact) mass is 286 g/mol. The van der Waals surface area contributed by atoms with Crippen LogP contribution in [0.3, 0.4) is 0 Å². The fourth-order valence-electron chi connectivity index (χ4n) is 4.00. The highest BCUT2D eigenvalue weighted by Crippen LogP contribution is 2.48. The largest absolute Gasteiger partial charge is 0.370 e. The van der Waals surface area contributed by atoms with Gasteiger partial charge in [0.1, 0.15) is 0 Å². The van der Waals surface area contributed by atoms with E-state index in [1.807, 2.05) is 18.2 Å². The Morgan fingerprint density at radius 2 is 2.05 bits per heavy atom. The van der Waals surface area contributed by atoms with Gasteiger partial charge in [0.05, 0.1) is 0 Å². The van der Waals surface area contributed by atoms with Crippen molar-refractivity contribution in [2.75, 3.05) is 18.5 Å². The first kappa shape index (κ1) is 14.4. The van der Waals surface area contributed by atoms with E-state index in [0.29, 0.717) is 12.0 Å². The summed E-state index contributed by atoms with van der Waals surface area (Å²) in [4.78, 5) is 14.6. The van der Waals surface area contributed by atoms with Gasteiger partial charge in [0, 0.05) is 31.2 Å². The molecule has 0 unspecified atom stereocenters. The average Bonchev–Trinajstić information content (AvgIpc) is 3.15. The summed E-state index contributed by atoms with van der Waals surface area (Å²) >= 11 is 0. The Hall–Kier alpha value is -1.51. The number of likely N-dealkylation sites (N-methyl/N-ethyl adjacent to an activating group) is 1. The molecule has 2 saturated carbocycles. The van der Waals surface area contributed by atoms with Crippen LogP contribution in [0.5, 0.6) is 0 Å². The van der Waals surface area contributed by atoms with Crippen molar-refractivity contribution >= 4 is 11.6 Å². The highest BCUT2D eigenvalue weighted by molar-refractivity contribution is 5.79. The SMILES string of the molecule is C[C@@H](CNC(=O)[C@@H]1C[C@H]2CC[C@H]1C2)N(C)c1ccccc1. The molecule has 3 nitrogen and oxygen atoms in total. The summed E-state index contributed by atoms with van der Waals surface area (Å²) in [7, 11) is 2.09. The van der Waals surface area contributed by atoms with Crippen molar-refractivity contribution < 1.29 is 4.79 Å². The van der Waals surface area contributed by atoms with Crippen molar-refractivity contribution in [2.24, 2.45) is 17.8 Å². The van der Waals surface area contributed by atoms with Gasteiger partial charge in [-0.25, -0.2) is 0 Å². The molecule has 3 heteroatoms.